The van der Waals surface area contributed by atoms with Crippen molar-refractivity contribution in [2.24, 2.45) is 0 Å². The zero-order valence-electron chi connectivity index (χ0n) is 11.6. The van der Waals surface area contributed by atoms with Gasteiger partial charge in [0.15, 0.2) is 5.65 Å². The minimum Gasteiger partial charge on any atom is -0.321 e. The first-order valence-corrected chi connectivity index (χ1v) is 7.51. The number of hydrogen-bond acceptors (Lipinski definition) is 3. The molecule has 0 aliphatic carbocycles. The Morgan fingerprint density at radius 3 is 2.67 bits per heavy atom. The summed E-state index contributed by atoms with van der Waals surface area (Å²) in [7, 11) is 0. The molecular weight excluding hydrogens is 379 g/mol. The van der Waals surface area contributed by atoms with Gasteiger partial charge in [0.2, 0.25) is 0 Å². The van der Waals surface area contributed by atoms with Crippen LogP contribution in [-0.2, 0) is 0 Å². The maximum absolute atomic E-state index is 12.2. The number of benzene rings is 1. The first-order chi connectivity index (χ1) is 10.0. The molecule has 0 fully saturated rings. The van der Waals surface area contributed by atoms with Crippen LogP contribution in [0, 0.1) is 17.4 Å². The van der Waals surface area contributed by atoms with Crippen LogP contribution < -0.4 is 5.32 Å². The summed E-state index contributed by atoms with van der Waals surface area (Å²) in [6.07, 6.45) is 1.77. The highest BCUT2D eigenvalue weighted by molar-refractivity contribution is 14.1. The summed E-state index contributed by atoms with van der Waals surface area (Å²) in [6.45, 7) is 3.79. The smallest absolute Gasteiger partial charge is 0.255 e. The Hall–Kier alpha value is -1.96. The second-order valence-electron chi connectivity index (χ2n) is 4.80. The Balaban J connectivity index is 1.90. The maximum atomic E-state index is 12.2. The van der Waals surface area contributed by atoms with Gasteiger partial charge in [-0.3, -0.25) is 4.79 Å². The van der Waals surface area contributed by atoms with Gasteiger partial charge in [0.05, 0.1) is 11.9 Å². The first kappa shape index (κ1) is 14.0. The Labute approximate surface area is 135 Å². The number of rotatable bonds is 2. The van der Waals surface area contributed by atoms with Crippen molar-refractivity contribution in [3.8, 4) is 0 Å². The quantitative estimate of drug-likeness (QED) is 0.682. The Kier molecular flexibility index (Phi) is 3.62. The number of carbonyl (C=O) groups excluding carboxylic acids is 1. The molecule has 0 bridgehead atoms. The van der Waals surface area contributed by atoms with E-state index in [9.17, 15) is 4.79 Å². The van der Waals surface area contributed by atoms with Gasteiger partial charge < -0.3 is 5.32 Å². The molecule has 1 N–H and O–H groups in total. The molecule has 0 radical (unpaired) electrons. The number of aromatic nitrogens is 3. The van der Waals surface area contributed by atoms with Crippen LogP contribution in [0.15, 0.2) is 36.5 Å². The molecule has 2 heterocycles. The van der Waals surface area contributed by atoms with Crippen LogP contribution in [0.2, 0.25) is 0 Å². The van der Waals surface area contributed by atoms with Gasteiger partial charge in [0.1, 0.15) is 5.82 Å². The monoisotopic (exact) mass is 392 g/mol. The lowest BCUT2D eigenvalue weighted by molar-refractivity contribution is 0.102. The highest BCUT2D eigenvalue weighted by atomic mass is 127. The normalized spacial score (nSPS) is 10.8. The summed E-state index contributed by atoms with van der Waals surface area (Å²) in [6, 6.07) is 9.33. The lowest BCUT2D eigenvalue weighted by atomic mass is 10.2. The fourth-order valence-electron chi connectivity index (χ4n) is 2.13. The van der Waals surface area contributed by atoms with Crippen molar-refractivity contribution in [1.82, 2.24) is 14.6 Å². The van der Waals surface area contributed by atoms with Crippen LogP contribution in [0.5, 0.6) is 0 Å². The Morgan fingerprint density at radius 1 is 1.24 bits per heavy atom. The van der Waals surface area contributed by atoms with Crippen LogP contribution in [0.1, 0.15) is 21.7 Å². The molecule has 1 amide bonds. The van der Waals surface area contributed by atoms with Crippen molar-refractivity contribution in [1.29, 1.82) is 0 Å². The number of aryl methyl sites for hydroxylation is 2. The van der Waals surface area contributed by atoms with Gasteiger partial charge in [0.25, 0.3) is 5.91 Å². The average molecular weight is 392 g/mol. The third kappa shape index (κ3) is 2.90. The number of nitrogens with zero attached hydrogens (tertiary/aromatic N) is 3. The molecule has 3 aromatic rings. The van der Waals surface area contributed by atoms with Gasteiger partial charge in [-0.05, 0) is 72.3 Å². The Bertz CT molecular complexity index is 824. The molecule has 2 aromatic heterocycles. The third-order valence-corrected chi connectivity index (χ3v) is 3.81. The van der Waals surface area contributed by atoms with E-state index in [1.165, 1.54) is 0 Å². The van der Waals surface area contributed by atoms with E-state index in [0.717, 1.165) is 14.8 Å². The van der Waals surface area contributed by atoms with E-state index in [4.69, 9.17) is 0 Å². The van der Waals surface area contributed by atoms with E-state index in [2.05, 4.69) is 38.0 Å². The van der Waals surface area contributed by atoms with Crippen LogP contribution >= 0.6 is 22.6 Å². The summed E-state index contributed by atoms with van der Waals surface area (Å²) in [5.41, 5.74) is 3.10. The SMILES string of the molecule is Cc1nc2c(C)cc(NC(=O)c3ccc(I)cc3)cn2n1. The minimum atomic E-state index is -0.137. The van der Waals surface area contributed by atoms with E-state index < -0.39 is 0 Å². The molecule has 0 saturated heterocycles. The largest absolute Gasteiger partial charge is 0.321 e. The number of anilines is 1. The van der Waals surface area contributed by atoms with E-state index >= 15 is 0 Å². The molecule has 106 valence electrons. The summed E-state index contributed by atoms with van der Waals surface area (Å²) in [4.78, 5) is 16.6. The molecule has 0 aliphatic rings. The van der Waals surface area contributed by atoms with Crippen LogP contribution in [0.3, 0.4) is 0 Å². The van der Waals surface area contributed by atoms with Gasteiger partial charge in [0, 0.05) is 9.13 Å². The van der Waals surface area contributed by atoms with Crippen LogP contribution in [-0.4, -0.2) is 20.5 Å². The number of halogens is 1. The van der Waals surface area contributed by atoms with E-state index in [1.807, 2.05) is 44.2 Å². The van der Waals surface area contributed by atoms with Crippen molar-refractivity contribution in [3.63, 3.8) is 0 Å². The summed E-state index contributed by atoms with van der Waals surface area (Å²) in [5.74, 6) is 0.571. The predicted molar refractivity (Wildman–Crippen MR) is 89.6 cm³/mol. The topological polar surface area (TPSA) is 59.3 Å². The van der Waals surface area contributed by atoms with E-state index in [1.54, 1.807) is 10.7 Å². The summed E-state index contributed by atoms with van der Waals surface area (Å²) < 4.78 is 2.79. The molecule has 0 aliphatic heterocycles. The second kappa shape index (κ2) is 5.44. The summed E-state index contributed by atoms with van der Waals surface area (Å²) >= 11 is 2.21. The zero-order valence-corrected chi connectivity index (χ0v) is 13.7. The standard InChI is InChI=1S/C15H13IN4O/c1-9-7-13(8-20-14(9)17-10(2)19-20)18-15(21)11-3-5-12(16)6-4-11/h3-8H,1-2H3,(H,18,21). The first-order valence-electron chi connectivity index (χ1n) is 6.43. The molecule has 0 unspecified atom stereocenters. The number of carbonyl (C=O) groups is 1. The molecule has 0 spiro atoms. The molecule has 5 nitrogen and oxygen atoms in total. The Morgan fingerprint density at radius 2 is 1.95 bits per heavy atom. The van der Waals surface area contributed by atoms with Gasteiger partial charge >= 0.3 is 0 Å². The van der Waals surface area contributed by atoms with Crippen molar-refractivity contribution in [3.05, 3.63) is 57.1 Å². The van der Waals surface area contributed by atoms with E-state index in [0.29, 0.717) is 17.1 Å². The predicted octanol–water partition coefficient (Wildman–Crippen LogP) is 3.20. The van der Waals surface area contributed by atoms with Crippen molar-refractivity contribution in [2.45, 2.75) is 13.8 Å². The highest BCUT2D eigenvalue weighted by Gasteiger charge is 2.09. The van der Waals surface area contributed by atoms with Gasteiger partial charge in [-0.1, -0.05) is 0 Å². The number of fused-ring (bicyclic) bond motifs is 1. The lowest BCUT2D eigenvalue weighted by Gasteiger charge is -2.07. The van der Waals surface area contributed by atoms with Gasteiger partial charge in [-0.25, -0.2) is 9.50 Å². The number of pyridine rings is 1. The van der Waals surface area contributed by atoms with Crippen molar-refractivity contribution >= 4 is 39.8 Å². The fraction of sp³-hybridized carbons (Fsp3) is 0.133. The third-order valence-electron chi connectivity index (χ3n) is 3.09. The van der Waals surface area contributed by atoms with Crippen molar-refractivity contribution < 1.29 is 4.79 Å². The van der Waals surface area contributed by atoms with Crippen molar-refractivity contribution in [2.75, 3.05) is 5.32 Å². The lowest BCUT2D eigenvalue weighted by Crippen LogP contribution is -2.12. The van der Waals surface area contributed by atoms with Crippen LogP contribution in [0.4, 0.5) is 5.69 Å². The highest BCUT2D eigenvalue weighted by Crippen LogP contribution is 2.16. The maximum Gasteiger partial charge on any atom is 0.255 e. The molecule has 6 heteroatoms. The van der Waals surface area contributed by atoms with E-state index in [-0.39, 0.29) is 5.91 Å². The number of amides is 1. The molecule has 21 heavy (non-hydrogen) atoms. The fourth-order valence-corrected chi connectivity index (χ4v) is 2.49. The molecular formula is C15H13IN4O. The molecule has 0 saturated carbocycles. The summed E-state index contributed by atoms with van der Waals surface area (Å²) in [5, 5.41) is 7.17. The average Bonchev–Trinajstić information content (AvgIpc) is 2.80. The minimum absolute atomic E-state index is 0.137. The van der Waals surface area contributed by atoms with Gasteiger partial charge in [-0.2, -0.15) is 5.10 Å². The second-order valence-corrected chi connectivity index (χ2v) is 6.05. The number of hydrogen-bond donors (Lipinski definition) is 1. The molecule has 3 rings (SSSR count). The van der Waals surface area contributed by atoms with Crippen LogP contribution in [0.25, 0.3) is 5.65 Å². The number of nitrogens with one attached hydrogen (secondary N) is 1. The molecule has 1 aromatic carbocycles. The van der Waals surface area contributed by atoms with Gasteiger partial charge in [-0.15, -0.1) is 0 Å². The zero-order chi connectivity index (χ0) is 15.0. The molecule has 0 atom stereocenters.